The summed E-state index contributed by atoms with van der Waals surface area (Å²) in [5, 5.41) is 2.87. The van der Waals surface area contributed by atoms with Gasteiger partial charge in [0.2, 0.25) is 10.0 Å². The number of nitrogens with two attached hydrogens (primary N) is 1. The molecule has 5 nitrogen and oxygen atoms in total. The minimum Gasteiger partial charge on any atom is -0.398 e. The van der Waals surface area contributed by atoms with Crippen LogP contribution in [0.2, 0.25) is 5.02 Å². The van der Waals surface area contributed by atoms with Gasteiger partial charge in [-0.25, -0.2) is 18.1 Å². The number of benzene rings is 1. The minimum absolute atomic E-state index is 0.0201. The third-order valence-corrected chi connectivity index (χ3v) is 5.00. The van der Waals surface area contributed by atoms with Crippen LogP contribution in [0.4, 0.5) is 5.69 Å². The van der Waals surface area contributed by atoms with Crippen LogP contribution in [0.25, 0.3) is 0 Å². The first-order valence-electron chi connectivity index (χ1n) is 5.34. The smallest absolute Gasteiger partial charge is 0.243 e. The lowest BCUT2D eigenvalue weighted by Crippen LogP contribution is -2.24. The first-order valence-corrected chi connectivity index (χ1v) is 8.08. The first-order chi connectivity index (χ1) is 8.88. The molecule has 0 atom stereocenters. The van der Waals surface area contributed by atoms with E-state index in [1.807, 2.05) is 12.3 Å². The Bertz CT molecular complexity index is 698. The maximum absolute atomic E-state index is 12.1. The van der Waals surface area contributed by atoms with Crippen LogP contribution >= 0.6 is 22.9 Å². The predicted molar refractivity (Wildman–Crippen MR) is 76.7 cm³/mol. The number of sulfonamides is 1. The van der Waals surface area contributed by atoms with Crippen molar-refractivity contribution in [3.8, 4) is 0 Å². The van der Waals surface area contributed by atoms with Gasteiger partial charge in [0.25, 0.3) is 0 Å². The Kier molecular flexibility index (Phi) is 4.10. The van der Waals surface area contributed by atoms with Crippen molar-refractivity contribution in [3.05, 3.63) is 39.3 Å². The van der Waals surface area contributed by atoms with E-state index < -0.39 is 10.0 Å². The Morgan fingerprint density at radius 1 is 1.47 bits per heavy atom. The summed E-state index contributed by atoms with van der Waals surface area (Å²) in [7, 11) is -3.70. The van der Waals surface area contributed by atoms with Crippen molar-refractivity contribution < 1.29 is 8.42 Å². The van der Waals surface area contributed by atoms with Crippen molar-refractivity contribution in [2.45, 2.75) is 18.4 Å². The SMILES string of the molecule is Cc1csc(CNS(=O)(=O)c2cc(Cl)ccc2N)n1. The van der Waals surface area contributed by atoms with Gasteiger partial charge in [0.15, 0.2) is 0 Å². The molecule has 1 aromatic carbocycles. The van der Waals surface area contributed by atoms with E-state index >= 15 is 0 Å². The highest BCUT2D eigenvalue weighted by molar-refractivity contribution is 7.89. The lowest BCUT2D eigenvalue weighted by atomic mass is 10.3. The number of nitrogen functional groups attached to an aromatic ring is 1. The molecule has 0 amide bonds. The molecule has 0 spiro atoms. The molecule has 19 heavy (non-hydrogen) atoms. The van der Waals surface area contributed by atoms with Crippen molar-refractivity contribution >= 4 is 38.6 Å². The Labute approximate surface area is 120 Å². The molecule has 0 fully saturated rings. The van der Waals surface area contributed by atoms with E-state index in [4.69, 9.17) is 17.3 Å². The molecule has 2 aromatic rings. The van der Waals surface area contributed by atoms with Crippen LogP contribution < -0.4 is 10.5 Å². The highest BCUT2D eigenvalue weighted by Crippen LogP contribution is 2.22. The number of nitrogens with one attached hydrogen (secondary N) is 1. The standard InChI is InChI=1S/C11H12ClN3O2S2/c1-7-6-18-11(15-7)5-14-19(16,17)10-4-8(12)2-3-9(10)13/h2-4,6,14H,5,13H2,1H3. The van der Waals surface area contributed by atoms with E-state index in [1.54, 1.807) is 6.07 Å². The zero-order valence-electron chi connectivity index (χ0n) is 10.1. The fraction of sp³-hybridized carbons (Fsp3) is 0.182. The van der Waals surface area contributed by atoms with E-state index in [0.717, 1.165) is 5.69 Å². The monoisotopic (exact) mass is 317 g/mol. The summed E-state index contributed by atoms with van der Waals surface area (Å²) in [6.07, 6.45) is 0. The van der Waals surface area contributed by atoms with Crippen molar-refractivity contribution in [2.24, 2.45) is 0 Å². The van der Waals surface area contributed by atoms with E-state index in [2.05, 4.69) is 9.71 Å². The van der Waals surface area contributed by atoms with Crippen LogP contribution in [0.15, 0.2) is 28.5 Å². The van der Waals surface area contributed by atoms with Gasteiger partial charge in [0, 0.05) is 16.1 Å². The molecule has 0 radical (unpaired) electrons. The molecule has 0 saturated heterocycles. The molecule has 102 valence electrons. The summed E-state index contributed by atoms with van der Waals surface area (Å²) in [5.41, 5.74) is 6.68. The number of aryl methyl sites for hydroxylation is 1. The molecule has 0 aliphatic rings. The Hall–Kier alpha value is -1.15. The maximum Gasteiger partial charge on any atom is 0.243 e. The number of aromatic nitrogens is 1. The second kappa shape index (κ2) is 5.46. The minimum atomic E-state index is -3.70. The van der Waals surface area contributed by atoms with Crippen LogP contribution in [0, 0.1) is 6.92 Å². The average Bonchev–Trinajstić information content (AvgIpc) is 2.76. The van der Waals surface area contributed by atoms with Crippen molar-refractivity contribution in [1.29, 1.82) is 0 Å². The van der Waals surface area contributed by atoms with Crippen LogP contribution in [0.3, 0.4) is 0 Å². The van der Waals surface area contributed by atoms with Crippen LogP contribution in [0.5, 0.6) is 0 Å². The number of thiazole rings is 1. The number of hydrogen-bond acceptors (Lipinski definition) is 5. The van der Waals surface area contributed by atoms with Crippen LogP contribution in [-0.4, -0.2) is 13.4 Å². The maximum atomic E-state index is 12.1. The molecule has 0 bridgehead atoms. The molecule has 0 aliphatic heterocycles. The molecule has 2 rings (SSSR count). The molecule has 8 heteroatoms. The predicted octanol–water partition coefficient (Wildman–Crippen LogP) is 2.17. The largest absolute Gasteiger partial charge is 0.398 e. The summed E-state index contributed by atoms with van der Waals surface area (Å²) in [4.78, 5) is 4.16. The van der Waals surface area contributed by atoms with Gasteiger partial charge in [0.1, 0.15) is 9.90 Å². The van der Waals surface area contributed by atoms with Gasteiger partial charge < -0.3 is 5.73 Å². The average molecular weight is 318 g/mol. The number of hydrogen-bond donors (Lipinski definition) is 2. The Balaban J connectivity index is 2.20. The van der Waals surface area contributed by atoms with Crippen LogP contribution in [0.1, 0.15) is 10.7 Å². The second-order valence-corrected chi connectivity index (χ2v) is 7.00. The normalized spacial score (nSPS) is 11.7. The molecule has 0 unspecified atom stereocenters. The molecule has 3 N–H and O–H groups in total. The summed E-state index contributed by atoms with van der Waals surface area (Å²) < 4.78 is 26.7. The molecular formula is C11H12ClN3O2S2. The van der Waals surface area contributed by atoms with E-state index in [1.165, 1.54) is 23.5 Å². The van der Waals surface area contributed by atoms with Gasteiger partial charge in [-0.1, -0.05) is 11.6 Å². The molecule has 1 aromatic heterocycles. The first kappa shape index (κ1) is 14.3. The van der Waals surface area contributed by atoms with Crippen molar-refractivity contribution in [3.63, 3.8) is 0 Å². The van der Waals surface area contributed by atoms with Gasteiger partial charge in [-0.05, 0) is 25.1 Å². The van der Waals surface area contributed by atoms with E-state index in [9.17, 15) is 8.42 Å². The van der Waals surface area contributed by atoms with E-state index in [0.29, 0.717) is 10.0 Å². The summed E-state index contributed by atoms with van der Waals surface area (Å²) in [5.74, 6) is 0. The summed E-state index contributed by atoms with van der Waals surface area (Å²) >= 11 is 7.18. The third kappa shape index (κ3) is 3.44. The molecular weight excluding hydrogens is 306 g/mol. The third-order valence-electron chi connectivity index (χ3n) is 2.35. The van der Waals surface area contributed by atoms with Crippen LogP contribution in [-0.2, 0) is 16.6 Å². The Morgan fingerprint density at radius 3 is 2.84 bits per heavy atom. The number of nitrogens with zero attached hydrogens (tertiary/aromatic N) is 1. The van der Waals surface area contributed by atoms with Gasteiger partial charge >= 0.3 is 0 Å². The second-order valence-electron chi connectivity index (χ2n) is 3.89. The fourth-order valence-electron chi connectivity index (χ4n) is 1.46. The van der Waals surface area contributed by atoms with Crippen molar-refractivity contribution in [1.82, 2.24) is 9.71 Å². The quantitative estimate of drug-likeness (QED) is 0.846. The molecule has 0 aliphatic carbocycles. The number of anilines is 1. The highest BCUT2D eigenvalue weighted by Gasteiger charge is 2.18. The van der Waals surface area contributed by atoms with E-state index in [-0.39, 0.29) is 17.1 Å². The highest BCUT2D eigenvalue weighted by atomic mass is 35.5. The zero-order chi connectivity index (χ0) is 14.0. The lowest BCUT2D eigenvalue weighted by molar-refractivity contribution is 0.581. The summed E-state index contributed by atoms with van der Waals surface area (Å²) in [6, 6.07) is 4.33. The Morgan fingerprint density at radius 2 is 2.21 bits per heavy atom. The van der Waals surface area contributed by atoms with Gasteiger partial charge in [-0.2, -0.15) is 0 Å². The van der Waals surface area contributed by atoms with Gasteiger partial charge in [-0.3, -0.25) is 0 Å². The van der Waals surface area contributed by atoms with Gasteiger partial charge in [0.05, 0.1) is 12.2 Å². The van der Waals surface area contributed by atoms with Crippen molar-refractivity contribution in [2.75, 3.05) is 5.73 Å². The molecule has 0 saturated carbocycles. The fourth-order valence-corrected chi connectivity index (χ4v) is 3.64. The number of rotatable bonds is 4. The zero-order valence-corrected chi connectivity index (χ0v) is 12.4. The lowest BCUT2D eigenvalue weighted by Gasteiger charge is -2.08. The molecule has 1 heterocycles. The van der Waals surface area contributed by atoms with Gasteiger partial charge in [-0.15, -0.1) is 11.3 Å². The summed E-state index contributed by atoms with van der Waals surface area (Å²) in [6.45, 7) is 1.98. The number of halogens is 1. The topological polar surface area (TPSA) is 85.1 Å².